The molecule has 0 bridgehead atoms. The molecular weight excluding hydrogens is 521 g/mol. The van der Waals surface area contributed by atoms with Crippen LogP contribution in [-0.2, 0) is 36.3 Å². The van der Waals surface area contributed by atoms with Crippen LogP contribution >= 0.6 is 7.60 Å². The second kappa shape index (κ2) is 16.2. The smallest absolute Gasteiger partial charge is 0.351 e. The molecule has 0 radical (unpaired) electrons. The third-order valence-corrected chi connectivity index (χ3v) is 8.15. The maximum absolute atomic E-state index is 13.4. The molecule has 0 spiro atoms. The van der Waals surface area contributed by atoms with Gasteiger partial charge in [-0.1, -0.05) is 74.5 Å². The van der Waals surface area contributed by atoms with E-state index in [1.165, 1.54) is 0 Å². The van der Waals surface area contributed by atoms with Gasteiger partial charge in [0.1, 0.15) is 11.8 Å². The van der Waals surface area contributed by atoms with Gasteiger partial charge >= 0.3 is 13.6 Å². The number of nitrogens with two attached hydrogens (primary N) is 1. The van der Waals surface area contributed by atoms with Gasteiger partial charge in [-0.2, -0.15) is 0 Å². The number of carboxylic acids is 1. The average molecular weight is 562 g/mol. The molecule has 0 fully saturated rings. The Balaban J connectivity index is 2.17. The van der Waals surface area contributed by atoms with Crippen molar-refractivity contribution in [2.24, 2.45) is 11.7 Å². The van der Waals surface area contributed by atoms with Crippen LogP contribution in [0.4, 0.5) is 0 Å². The lowest BCUT2D eigenvalue weighted by atomic mass is 10.0. The van der Waals surface area contributed by atoms with Crippen molar-refractivity contribution in [3.05, 3.63) is 71.8 Å². The lowest BCUT2D eigenvalue weighted by molar-refractivity contribution is -0.145. The first-order valence-corrected chi connectivity index (χ1v) is 14.8. The molecule has 6 N–H and O–H groups in total. The Hall–Kier alpha value is -3.04. The predicted octanol–water partition coefficient (Wildman–Crippen LogP) is 3.23. The summed E-state index contributed by atoms with van der Waals surface area (Å²) in [6, 6.07) is 17.5. The summed E-state index contributed by atoms with van der Waals surface area (Å²) in [5.74, 6) is -4.35. The Bertz CT molecular complexity index is 1100. The molecule has 0 saturated carbocycles. The Morgan fingerprint density at radius 2 is 1.54 bits per heavy atom. The molecule has 0 aliphatic rings. The van der Waals surface area contributed by atoms with Crippen LogP contribution in [-0.4, -0.2) is 52.3 Å². The number of carboxylic acid groups (broad SMARTS) is 1. The van der Waals surface area contributed by atoms with Crippen LogP contribution in [0, 0.1) is 5.92 Å². The van der Waals surface area contributed by atoms with E-state index in [0.29, 0.717) is 25.8 Å². The van der Waals surface area contributed by atoms with Crippen molar-refractivity contribution < 1.29 is 33.5 Å². The van der Waals surface area contributed by atoms with E-state index >= 15 is 0 Å². The van der Waals surface area contributed by atoms with E-state index in [1.54, 1.807) is 13.8 Å². The van der Waals surface area contributed by atoms with E-state index in [1.807, 2.05) is 60.7 Å². The van der Waals surface area contributed by atoms with Gasteiger partial charge in [-0.25, -0.2) is 4.79 Å². The van der Waals surface area contributed by atoms with Crippen molar-refractivity contribution in [1.82, 2.24) is 10.6 Å². The van der Waals surface area contributed by atoms with E-state index in [2.05, 4.69) is 10.6 Å². The topological polar surface area (TPSA) is 168 Å². The highest BCUT2D eigenvalue weighted by Crippen LogP contribution is 2.50. The number of rotatable bonds is 17. The zero-order valence-corrected chi connectivity index (χ0v) is 23.4. The molecule has 11 heteroatoms. The minimum absolute atomic E-state index is 0.00392. The van der Waals surface area contributed by atoms with Crippen LogP contribution in [0.15, 0.2) is 60.7 Å². The van der Waals surface area contributed by atoms with Crippen LogP contribution in [0.1, 0.15) is 50.7 Å². The molecule has 0 heterocycles. The largest absolute Gasteiger partial charge is 0.479 e. The number of aliphatic carboxylic acids is 1. The van der Waals surface area contributed by atoms with E-state index in [0.717, 1.165) is 11.1 Å². The summed E-state index contributed by atoms with van der Waals surface area (Å²) in [7, 11) is -4.64. The van der Waals surface area contributed by atoms with E-state index in [-0.39, 0.29) is 25.2 Å². The van der Waals surface area contributed by atoms with Crippen LogP contribution in [0.25, 0.3) is 0 Å². The summed E-state index contributed by atoms with van der Waals surface area (Å²) in [6.07, 6.45) is 0.218. The third-order valence-electron chi connectivity index (χ3n) is 6.17. The second-order valence-corrected chi connectivity index (χ2v) is 11.7. The van der Waals surface area contributed by atoms with Crippen LogP contribution in [0.3, 0.4) is 0 Å². The fourth-order valence-electron chi connectivity index (χ4n) is 4.04. The van der Waals surface area contributed by atoms with Gasteiger partial charge in [-0.3, -0.25) is 18.7 Å². The van der Waals surface area contributed by atoms with E-state index in [4.69, 9.17) is 10.3 Å². The van der Waals surface area contributed by atoms with E-state index in [9.17, 15) is 28.9 Å². The maximum atomic E-state index is 13.4. The van der Waals surface area contributed by atoms with Crippen molar-refractivity contribution >= 4 is 25.4 Å². The molecule has 39 heavy (non-hydrogen) atoms. The van der Waals surface area contributed by atoms with Crippen molar-refractivity contribution in [1.29, 1.82) is 0 Å². The molecule has 0 aromatic heterocycles. The normalized spacial score (nSPS) is 15.1. The zero-order chi connectivity index (χ0) is 28.8. The quantitative estimate of drug-likeness (QED) is 0.145. The fraction of sp³-hybridized carbons (Fsp3) is 0.464. The van der Waals surface area contributed by atoms with Crippen molar-refractivity contribution in [2.75, 3.05) is 6.54 Å². The van der Waals surface area contributed by atoms with E-state index < -0.39 is 43.3 Å². The summed E-state index contributed by atoms with van der Waals surface area (Å²) in [4.78, 5) is 48.6. The summed E-state index contributed by atoms with van der Waals surface area (Å²) in [5, 5.41) is 14.8. The van der Waals surface area contributed by atoms with Crippen molar-refractivity contribution in [2.45, 2.75) is 70.3 Å². The highest BCUT2D eigenvalue weighted by atomic mass is 31.2. The average Bonchev–Trinajstić information content (AvgIpc) is 2.90. The van der Waals surface area contributed by atoms with Gasteiger partial charge in [0.15, 0.2) is 6.10 Å². The van der Waals surface area contributed by atoms with Crippen molar-refractivity contribution in [3.8, 4) is 0 Å². The van der Waals surface area contributed by atoms with Gasteiger partial charge in [-0.05, 0) is 49.3 Å². The summed E-state index contributed by atoms with van der Waals surface area (Å²) >= 11 is 0. The zero-order valence-electron chi connectivity index (χ0n) is 22.5. The van der Waals surface area contributed by atoms with Gasteiger partial charge in [0, 0.05) is 12.8 Å². The fourth-order valence-corrected chi connectivity index (χ4v) is 5.78. The first kappa shape index (κ1) is 32.2. The molecule has 0 saturated heterocycles. The number of hydrogen-bond donors (Lipinski definition) is 5. The SMILES string of the molecule is CC(C)[C@@H](NC(=O)[C@H](Cc1ccccc1)NC(=O)CCc1ccccc1)P(=O)(O)OC(CCCCN)C(=O)O. The number of benzene rings is 2. The Labute approximate surface area is 229 Å². The number of amides is 2. The molecule has 2 amide bonds. The van der Waals surface area contributed by atoms with Gasteiger partial charge in [0.25, 0.3) is 0 Å². The number of carbonyl (C=O) groups is 3. The molecule has 0 aliphatic carbocycles. The minimum atomic E-state index is -4.64. The predicted molar refractivity (Wildman–Crippen MR) is 149 cm³/mol. The first-order chi connectivity index (χ1) is 18.5. The molecule has 4 atom stereocenters. The molecular formula is C28H40N3O7P. The lowest BCUT2D eigenvalue weighted by Crippen LogP contribution is -2.52. The molecule has 2 rings (SSSR count). The van der Waals surface area contributed by atoms with Gasteiger partial charge in [0.2, 0.25) is 11.8 Å². The monoisotopic (exact) mass is 561 g/mol. The van der Waals surface area contributed by atoms with Crippen LogP contribution < -0.4 is 16.4 Å². The first-order valence-electron chi connectivity index (χ1n) is 13.1. The standard InChI is InChI=1S/C28H40N3O7P/c1-20(2)27(39(36,37)38-24(28(34)35)15-9-10-18-29)31-26(33)23(19-22-13-7-4-8-14-22)30-25(32)17-16-21-11-5-3-6-12-21/h3-8,11-14,20,23-24,27H,9-10,15-19,29H2,1-2H3,(H,30,32)(H,31,33)(H,34,35)(H,36,37)/t23-,24?,27-/m0/s1. The molecule has 2 aromatic carbocycles. The number of carbonyl (C=O) groups excluding carboxylic acids is 2. The molecule has 214 valence electrons. The second-order valence-electron chi connectivity index (χ2n) is 9.77. The van der Waals surface area contributed by atoms with Crippen molar-refractivity contribution in [3.63, 3.8) is 0 Å². The summed E-state index contributed by atoms with van der Waals surface area (Å²) in [6.45, 7) is 3.59. The highest BCUT2D eigenvalue weighted by Gasteiger charge is 2.41. The number of hydrogen-bond acceptors (Lipinski definition) is 6. The van der Waals surface area contributed by atoms with Gasteiger partial charge < -0.3 is 26.4 Å². The number of aryl methyl sites for hydroxylation is 1. The number of nitrogens with one attached hydrogen (secondary N) is 2. The van der Waals surface area contributed by atoms with Crippen LogP contribution in [0.5, 0.6) is 0 Å². The minimum Gasteiger partial charge on any atom is -0.479 e. The van der Waals surface area contributed by atoms with Gasteiger partial charge in [0.05, 0.1) is 0 Å². The molecule has 0 aliphatic heterocycles. The third kappa shape index (κ3) is 11.3. The Morgan fingerprint density at radius 1 is 0.949 bits per heavy atom. The Kier molecular flexibility index (Phi) is 13.3. The highest BCUT2D eigenvalue weighted by molar-refractivity contribution is 7.53. The molecule has 2 aromatic rings. The maximum Gasteiger partial charge on any atom is 0.351 e. The summed E-state index contributed by atoms with van der Waals surface area (Å²) < 4.78 is 18.4. The lowest BCUT2D eigenvalue weighted by Gasteiger charge is -2.30. The van der Waals surface area contributed by atoms with Gasteiger partial charge in [-0.15, -0.1) is 0 Å². The number of unbranched alkanes of at least 4 members (excludes halogenated alkanes) is 1. The molecule has 10 nitrogen and oxygen atoms in total. The molecule has 2 unspecified atom stereocenters. The Morgan fingerprint density at radius 3 is 2.08 bits per heavy atom. The van der Waals surface area contributed by atoms with Crippen LogP contribution in [0.2, 0.25) is 0 Å². The summed E-state index contributed by atoms with van der Waals surface area (Å²) in [5.41, 5.74) is 7.23.